The van der Waals surface area contributed by atoms with E-state index in [2.05, 4.69) is 16.3 Å². The van der Waals surface area contributed by atoms with Gasteiger partial charge in [-0.15, -0.1) is 0 Å². The van der Waals surface area contributed by atoms with Gasteiger partial charge in [0.1, 0.15) is 5.60 Å². The Morgan fingerprint density at radius 3 is 2.45 bits per heavy atom. The number of nitriles is 1. The molecule has 2 aliphatic heterocycles. The van der Waals surface area contributed by atoms with E-state index in [1.807, 2.05) is 20.8 Å². The van der Waals surface area contributed by atoms with Crippen LogP contribution in [0.25, 0.3) is 0 Å². The molecule has 0 aromatic carbocycles. The molecule has 3 atom stereocenters. The molecule has 2 rings (SSSR count). The molecule has 1 N–H and O–H groups in total. The number of carbonyl (C=O) groups is 1. The first-order chi connectivity index (χ1) is 9.39. The van der Waals surface area contributed by atoms with Crippen LogP contribution in [0.2, 0.25) is 0 Å². The van der Waals surface area contributed by atoms with Gasteiger partial charge in [0.15, 0.2) is 0 Å². The lowest BCUT2D eigenvalue weighted by atomic mass is 9.97. The van der Waals surface area contributed by atoms with Gasteiger partial charge in [0, 0.05) is 31.1 Å². The van der Waals surface area contributed by atoms with Crippen molar-refractivity contribution < 1.29 is 9.53 Å². The number of hydrogen-bond acceptors (Lipinski definition) is 4. The van der Waals surface area contributed by atoms with Crippen LogP contribution in [0.15, 0.2) is 0 Å². The number of piperidine rings is 1. The highest BCUT2D eigenvalue weighted by molar-refractivity contribution is 5.68. The van der Waals surface area contributed by atoms with Crippen molar-refractivity contribution in [3.8, 4) is 6.07 Å². The Labute approximate surface area is 121 Å². The van der Waals surface area contributed by atoms with E-state index in [4.69, 9.17) is 10.00 Å². The molecule has 2 aliphatic rings. The predicted octanol–water partition coefficient (Wildman–Crippen LogP) is 2.42. The van der Waals surface area contributed by atoms with Crippen molar-refractivity contribution in [2.75, 3.05) is 6.54 Å². The summed E-state index contributed by atoms with van der Waals surface area (Å²) in [6.07, 6.45) is 4.59. The van der Waals surface area contributed by atoms with Crippen molar-refractivity contribution >= 4 is 6.09 Å². The van der Waals surface area contributed by atoms with Gasteiger partial charge in [-0.3, -0.25) is 4.90 Å². The minimum atomic E-state index is -0.448. The van der Waals surface area contributed by atoms with Crippen LogP contribution in [0.1, 0.15) is 52.9 Å². The van der Waals surface area contributed by atoms with Gasteiger partial charge in [0.2, 0.25) is 0 Å². The molecule has 2 heterocycles. The first-order valence-electron chi connectivity index (χ1n) is 7.51. The van der Waals surface area contributed by atoms with Crippen LogP contribution < -0.4 is 5.32 Å². The fourth-order valence-electron chi connectivity index (χ4n) is 3.41. The van der Waals surface area contributed by atoms with E-state index >= 15 is 0 Å². The third-order valence-corrected chi connectivity index (χ3v) is 4.09. The molecule has 0 aromatic heterocycles. The lowest BCUT2D eigenvalue weighted by molar-refractivity contribution is 0.0445. The van der Waals surface area contributed by atoms with Crippen LogP contribution in [-0.4, -0.2) is 41.3 Å². The maximum Gasteiger partial charge on any atom is 0.407 e. The molecule has 0 aromatic rings. The summed E-state index contributed by atoms with van der Waals surface area (Å²) in [5.74, 6) is 0. The number of amides is 1. The Morgan fingerprint density at radius 1 is 1.35 bits per heavy atom. The third kappa shape index (κ3) is 3.86. The van der Waals surface area contributed by atoms with Crippen molar-refractivity contribution in [2.24, 2.45) is 0 Å². The average molecular weight is 279 g/mol. The van der Waals surface area contributed by atoms with Crippen LogP contribution in [0.3, 0.4) is 0 Å². The van der Waals surface area contributed by atoms with Crippen molar-refractivity contribution in [1.29, 1.82) is 5.26 Å². The molecule has 0 radical (unpaired) electrons. The largest absolute Gasteiger partial charge is 0.444 e. The second-order valence-corrected chi connectivity index (χ2v) is 6.85. The van der Waals surface area contributed by atoms with Crippen molar-refractivity contribution in [3.05, 3.63) is 0 Å². The summed E-state index contributed by atoms with van der Waals surface area (Å²) < 4.78 is 5.32. The molecule has 5 nitrogen and oxygen atoms in total. The molecular weight excluding hydrogens is 254 g/mol. The highest BCUT2D eigenvalue weighted by Crippen LogP contribution is 2.35. The monoisotopic (exact) mass is 279 g/mol. The minimum Gasteiger partial charge on any atom is -0.444 e. The van der Waals surface area contributed by atoms with E-state index in [0.29, 0.717) is 18.5 Å². The van der Waals surface area contributed by atoms with E-state index < -0.39 is 5.60 Å². The van der Waals surface area contributed by atoms with Gasteiger partial charge in [0.25, 0.3) is 0 Å². The second kappa shape index (κ2) is 6.01. The quantitative estimate of drug-likeness (QED) is 0.861. The van der Waals surface area contributed by atoms with Gasteiger partial charge >= 0.3 is 6.09 Å². The Morgan fingerprint density at radius 2 is 1.95 bits per heavy atom. The van der Waals surface area contributed by atoms with Crippen LogP contribution >= 0.6 is 0 Å². The van der Waals surface area contributed by atoms with Crippen LogP contribution in [0.4, 0.5) is 4.79 Å². The number of nitrogens with zero attached hydrogens (tertiary/aromatic N) is 2. The van der Waals surface area contributed by atoms with E-state index in [1.54, 1.807) is 0 Å². The molecule has 2 bridgehead atoms. The highest BCUT2D eigenvalue weighted by Gasteiger charge is 2.40. The summed E-state index contributed by atoms with van der Waals surface area (Å²) in [6.45, 7) is 6.49. The summed E-state index contributed by atoms with van der Waals surface area (Å²) in [5, 5.41) is 11.7. The molecule has 112 valence electrons. The fraction of sp³-hybridized carbons (Fsp3) is 0.867. The lowest BCUT2D eigenvalue weighted by Crippen LogP contribution is -2.51. The summed E-state index contributed by atoms with van der Waals surface area (Å²) in [6, 6.07) is 3.46. The number of fused-ring (bicyclic) bond motifs is 2. The first kappa shape index (κ1) is 15.1. The van der Waals surface area contributed by atoms with Gasteiger partial charge in [0.05, 0.1) is 6.07 Å². The molecule has 0 spiro atoms. The normalized spacial score (nSPS) is 29.8. The summed E-state index contributed by atoms with van der Waals surface area (Å²) in [5.41, 5.74) is -0.448. The zero-order valence-electron chi connectivity index (χ0n) is 12.7. The number of hydrogen-bond donors (Lipinski definition) is 1. The van der Waals surface area contributed by atoms with Crippen molar-refractivity contribution in [3.63, 3.8) is 0 Å². The van der Waals surface area contributed by atoms with E-state index in [-0.39, 0.29) is 12.1 Å². The van der Waals surface area contributed by atoms with Gasteiger partial charge in [-0.2, -0.15) is 5.26 Å². The minimum absolute atomic E-state index is 0.209. The number of rotatable bonds is 3. The molecule has 1 unspecified atom stereocenters. The maximum atomic E-state index is 11.8. The van der Waals surface area contributed by atoms with Crippen LogP contribution in [0.5, 0.6) is 0 Å². The molecule has 0 aliphatic carbocycles. The molecule has 5 heteroatoms. The molecule has 20 heavy (non-hydrogen) atoms. The van der Waals surface area contributed by atoms with E-state index in [9.17, 15) is 4.79 Å². The summed E-state index contributed by atoms with van der Waals surface area (Å²) >= 11 is 0. The Bertz CT molecular complexity index is 383. The standard InChI is InChI=1S/C15H25N3O2/c1-15(2,3)20-14(19)17-11-9-12-5-6-13(10-11)18(12)8-4-7-16/h11-13H,4-6,8-10H2,1-3H3,(H,17,19)/t11?,12-,13+. The van der Waals surface area contributed by atoms with Crippen molar-refractivity contribution in [1.82, 2.24) is 10.2 Å². The van der Waals surface area contributed by atoms with Crippen molar-refractivity contribution in [2.45, 2.75) is 76.6 Å². The predicted molar refractivity (Wildman–Crippen MR) is 76.1 cm³/mol. The number of carbonyl (C=O) groups excluding carboxylic acids is 1. The van der Waals surface area contributed by atoms with Gasteiger partial charge in [-0.1, -0.05) is 0 Å². The smallest absolute Gasteiger partial charge is 0.407 e. The van der Waals surface area contributed by atoms with E-state index in [1.165, 1.54) is 12.8 Å². The fourth-order valence-corrected chi connectivity index (χ4v) is 3.41. The first-order valence-corrected chi connectivity index (χ1v) is 7.51. The summed E-state index contributed by atoms with van der Waals surface area (Å²) in [4.78, 5) is 14.3. The SMILES string of the molecule is CC(C)(C)OC(=O)NC1C[C@H]2CC[C@@H](C1)N2CCC#N. The number of alkyl carbamates (subject to hydrolysis) is 1. The third-order valence-electron chi connectivity index (χ3n) is 4.09. The highest BCUT2D eigenvalue weighted by atomic mass is 16.6. The van der Waals surface area contributed by atoms with E-state index in [0.717, 1.165) is 19.4 Å². The van der Waals surface area contributed by atoms with Gasteiger partial charge in [-0.25, -0.2) is 4.79 Å². The molecule has 2 fully saturated rings. The Hall–Kier alpha value is -1.28. The zero-order chi connectivity index (χ0) is 14.8. The molecule has 0 saturated carbocycles. The Balaban J connectivity index is 1.84. The Kier molecular flexibility index (Phi) is 4.54. The van der Waals surface area contributed by atoms with Crippen LogP contribution in [0, 0.1) is 11.3 Å². The molecular formula is C15H25N3O2. The second-order valence-electron chi connectivity index (χ2n) is 6.85. The zero-order valence-corrected chi connectivity index (χ0v) is 12.7. The molecule has 2 saturated heterocycles. The van der Waals surface area contributed by atoms with Gasteiger partial charge < -0.3 is 10.1 Å². The molecule has 1 amide bonds. The van der Waals surface area contributed by atoms with Crippen LogP contribution in [-0.2, 0) is 4.74 Å². The number of ether oxygens (including phenoxy) is 1. The topological polar surface area (TPSA) is 65.4 Å². The van der Waals surface area contributed by atoms with Gasteiger partial charge in [-0.05, 0) is 46.5 Å². The maximum absolute atomic E-state index is 11.8. The summed E-state index contributed by atoms with van der Waals surface area (Å²) in [7, 11) is 0. The average Bonchev–Trinajstić information content (AvgIpc) is 2.55. The lowest BCUT2D eigenvalue weighted by Gasteiger charge is -2.38. The number of nitrogens with one attached hydrogen (secondary N) is 1.